The van der Waals surface area contributed by atoms with Gasteiger partial charge in [-0.15, -0.1) is 0 Å². The van der Waals surface area contributed by atoms with Crippen LogP contribution >= 0.6 is 11.6 Å². The van der Waals surface area contributed by atoms with Crippen molar-refractivity contribution < 1.29 is 4.79 Å². The number of hydrogen-bond donors (Lipinski definition) is 1. The maximum atomic E-state index is 12.0. The van der Waals surface area contributed by atoms with Gasteiger partial charge in [-0.1, -0.05) is 35.9 Å². The number of halogens is 1. The van der Waals surface area contributed by atoms with Crippen LogP contribution in [0.15, 0.2) is 47.6 Å². The van der Waals surface area contributed by atoms with Crippen molar-refractivity contribution in [2.75, 3.05) is 0 Å². The van der Waals surface area contributed by atoms with Gasteiger partial charge in [0, 0.05) is 0 Å². The molecule has 0 bridgehead atoms. The Morgan fingerprint density at radius 2 is 1.81 bits per heavy atom. The van der Waals surface area contributed by atoms with Crippen LogP contribution in [0.5, 0.6) is 0 Å². The van der Waals surface area contributed by atoms with Gasteiger partial charge in [-0.2, -0.15) is 5.10 Å². The fourth-order valence-electron chi connectivity index (χ4n) is 1.87. The molecule has 0 fully saturated rings. The molecule has 3 nitrogen and oxygen atoms in total. The first-order valence-corrected chi connectivity index (χ1v) is 7.03. The second-order valence-corrected chi connectivity index (χ2v) is 5.32. The average molecular weight is 301 g/mol. The Balaban J connectivity index is 2.15. The van der Waals surface area contributed by atoms with E-state index in [-0.39, 0.29) is 5.91 Å². The third-order valence-corrected chi connectivity index (χ3v) is 3.70. The van der Waals surface area contributed by atoms with Crippen molar-refractivity contribution in [1.29, 1.82) is 0 Å². The summed E-state index contributed by atoms with van der Waals surface area (Å²) in [6, 6.07) is 13.0. The largest absolute Gasteiger partial charge is 0.272 e. The predicted molar refractivity (Wildman–Crippen MR) is 87.0 cm³/mol. The van der Waals surface area contributed by atoms with Gasteiger partial charge in [0.1, 0.15) is 0 Å². The molecule has 0 unspecified atom stereocenters. The first-order valence-electron chi connectivity index (χ1n) is 6.66. The van der Waals surface area contributed by atoms with E-state index in [1.54, 1.807) is 24.3 Å². The van der Waals surface area contributed by atoms with Crippen LogP contribution in [0.1, 0.15) is 34.0 Å². The van der Waals surface area contributed by atoms with Crippen LogP contribution in [0.4, 0.5) is 0 Å². The summed E-state index contributed by atoms with van der Waals surface area (Å²) in [7, 11) is 0. The van der Waals surface area contributed by atoms with Gasteiger partial charge in [0.2, 0.25) is 0 Å². The Bertz CT molecular complexity index is 708. The highest BCUT2D eigenvalue weighted by molar-refractivity contribution is 6.33. The molecule has 0 aliphatic carbocycles. The molecule has 1 amide bonds. The lowest BCUT2D eigenvalue weighted by Crippen LogP contribution is -2.19. The molecular weight excluding hydrogens is 284 g/mol. The molecule has 1 N–H and O–H groups in total. The van der Waals surface area contributed by atoms with Crippen molar-refractivity contribution in [3.8, 4) is 0 Å². The molecule has 0 radical (unpaired) electrons. The maximum absolute atomic E-state index is 12.0. The zero-order chi connectivity index (χ0) is 15.4. The summed E-state index contributed by atoms with van der Waals surface area (Å²) in [5.74, 6) is -0.316. The molecule has 4 heteroatoms. The number of carbonyl (C=O) groups excluding carboxylic acids is 1. The Morgan fingerprint density at radius 3 is 2.48 bits per heavy atom. The van der Waals surface area contributed by atoms with Crippen molar-refractivity contribution in [3.63, 3.8) is 0 Å². The van der Waals surface area contributed by atoms with Crippen molar-refractivity contribution in [3.05, 3.63) is 69.7 Å². The van der Waals surface area contributed by atoms with Crippen LogP contribution in [0.2, 0.25) is 5.02 Å². The quantitative estimate of drug-likeness (QED) is 0.672. The highest BCUT2D eigenvalue weighted by Gasteiger charge is 2.08. The van der Waals surface area contributed by atoms with Crippen LogP contribution in [0.3, 0.4) is 0 Å². The molecule has 108 valence electrons. The molecule has 0 heterocycles. The first kappa shape index (κ1) is 15.3. The molecule has 0 atom stereocenters. The van der Waals surface area contributed by atoms with E-state index in [9.17, 15) is 4.79 Å². The highest BCUT2D eigenvalue weighted by atomic mass is 35.5. The van der Waals surface area contributed by atoms with E-state index in [0.29, 0.717) is 10.6 Å². The summed E-state index contributed by atoms with van der Waals surface area (Å²) in [4.78, 5) is 12.0. The SMILES string of the molecule is CC(=NNC(=O)c1ccccc1Cl)c1ccc(C)c(C)c1. The fourth-order valence-corrected chi connectivity index (χ4v) is 2.09. The minimum Gasteiger partial charge on any atom is -0.267 e. The van der Waals surface area contributed by atoms with Gasteiger partial charge in [-0.05, 0) is 55.7 Å². The molecular formula is C17H17ClN2O. The van der Waals surface area contributed by atoms with E-state index in [1.807, 2.05) is 19.1 Å². The minimum absolute atomic E-state index is 0.316. The summed E-state index contributed by atoms with van der Waals surface area (Å²) < 4.78 is 0. The lowest BCUT2D eigenvalue weighted by molar-refractivity contribution is 0.0955. The molecule has 2 rings (SSSR count). The summed E-state index contributed by atoms with van der Waals surface area (Å²) in [5, 5.41) is 4.55. The fraction of sp³-hybridized carbons (Fsp3) is 0.176. The number of amides is 1. The van der Waals surface area contributed by atoms with Gasteiger partial charge < -0.3 is 0 Å². The standard InChI is InChI=1S/C17H17ClN2O/c1-11-8-9-14(10-12(11)2)13(3)19-20-17(21)15-6-4-5-7-16(15)18/h4-10H,1-3H3,(H,20,21). The second-order valence-electron chi connectivity index (χ2n) is 4.92. The third kappa shape index (κ3) is 3.70. The molecule has 0 aliphatic heterocycles. The van der Waals surface area contributed by atoms with E-state index in [4.69, 9.17) is 11.6 Å². The van der Waals surface area contributed by atoms with Crippen LogP contribution in [-0.2, 0) is 0 Å². The van der Waals surface area contributed by atoms with Crippen molar-refractivity contribution in [1.82, 2.24) is 5.43 Å². The third-order valence-electron chi connectivity index (χ3n) is 3.37. The van der Waals surface area contributed by atoms with Crippen molar-refractivity contribution in [2.45, 2.75) is 20.8 Å². The Labute approximate surface area is 129 Å². The number of aryl methyl sites for hydroxylation is 2. The number of carbonyl (C=O) groups is 1. The number of nitrogens with one attached hydrogen (secondary N) is 1. The van der Waals surface area contributed by atoms with E-state index in [2.05, 4.69) is 30.4 Å². The zero-order valence-corrected chi connectivity index (χ0v) is 13.0. The zero-order valence-electron chi connectivity index (χ0n) is 12.3. The Kier molecular flexibility index (Phi) is 4.76. The second kappa shape index (κ2) is 6.55. The number of hydrogen-bond acceptors (Lipinski definition) is 2. The smallest absolute Gasteiger partial charge is 0.267 e. The van der Waals surface area contributed by atoms with Crippen LogP contribution in [0.25, 0.3) is 0 Å². The lowest BCUT2D eigenvalue weighted by atomic mass is 10.0. The Morgan fingerprint density at radius 1 is 1.10 bits per heavy atom. The highest BCUT2D eigenvalue weighted by Crippen LogP contribution is 2.14. The van der Waals surface area contributed by atoms with Gasteiger partial charge >= 0.3 is 0 Å². The van der Waals surface area contributed by atoms with E-state index >= 15 is 0 Å². The van der Waals surface area contributed by atoms with E-state index < -0.39 is 0 Å². The molecule has 0 spiro atoms. The molecule has 0 aromatic heterocycles. The average Bonchev–Trinajstić information content (AvgIpc) is 2.47. The van der Waals surface area contributed by atoms with Gasteiger partial charge in [-0.3, -0.25) is 4.79 Å². The van der Waals surface area contributed by atoms with Crippen LogP contribution in [-0.4, -0.2) is 11.6 Å². The van der Waals surface area contributed by atoms with E-state index in [0.717, 1.165) is 11.3 Å². The molecule has 0 saturated heterocycles. The summed E-state index contributed by atoms with van der Waals surface area (Å²) >= 11 is 5.98. The summed E-state index contributed by atoms with van der Waals surface area (Å²) in [6.45, 7) is 5.97. The molecule has 0 aliphatic rings. The molecule has 21 heavy (non-hydrogen) atoms. The summed E-state index contributed by atoms with van der Waals surface area (Å²) in [5.41, 5.74) is 7.10. The first-order chi connectivity index (χ1) is 9.99. The lowest BCUT2D eigenvalue weighted by Gasteiger charge is -2.06. The predicted octanol–water partition coefficient (Wildman–Crippen LogP) is 4.11. The van der Waals surface area contributed by atoms with Gasteiger partial charge in [-0.25, -0.2) is 5.43 Å². The van der Waals surface area contributed by atoms with Gasteiger partial charge in [0.05, 0.1) is 16.3 Å². The normalized spacial score (nSPS) is 11.3. The monoisotopic (exact) mass is 300 g/mol. The van der Waals surface area contributed by atoms with Crippen LogP contribution < -0.4 is 5.43 Å². The maximum Gasteiger partial charge on any atom is 0.272 e. The van der Waals surface area contributed by atoms with Gasteiger partial charge in [0.25, 0.3) is 5.91 Å². The Hall–Kier alpha value is -2.13. The number of hydrazone groups is 1. The van der Waals surface area contributed by atoms with Crippen molar-refractivity contribution >= 4 is 23.2 Å². The van der Waals surface area contributed by atoms with Crippen molar-refractivity contribution in [2.24, 2.45) is 5.10 Å². The number of rotatable bonds is 3. The number of benzene rings is 2. The molecule has 2 aromatic carbocycles. The molecule has 2 aromatic rings. The minimum atomic E-state index is -0.316. The molecule has 0 saturated carbocycles. The number of nitrogens with zero attached hydrogens (tertiary/aromatic N) is 1. The van der Waals surface area contributed by atoms with Crippen LogP contribution in [0, 0.1) is 13.8 Å². The summed E-state index contributed by atoms with van der Waals surface area (Å²) in [6.07, 6.45) is 0. The topological polar surface area (TPSA) is 41.5 Å². The van der Waals surface area contributed by atoms with E-state index in [1.165, 1.54) is 11.1 Å². The van der Waals surface area contributed by atoms with Gasteiger partial charge in [0.15, 0.2) is 0 Å².